The first kappa shape index (κ1) is 25.1. The molecule has 0 saturated heterocycles. The maximum Gasteiger partial charge on any atom is 0.0546 e. The molecule has 1 heteroatoms. The Bertz CT molecular complexity index is 2240. The van der Waals surface area contributed by atoms with E-state index < -0.39 is 0 Å². The van der Waals surface area contributed by atoms with Gasteiger partial charge < -0.3 is 4.90 Å². The highest BCUT2D eigenvalue weighted by molar-refractivity contribution is 6.12. The molecule has 0 amide bonds. The number of para-hydroxylation sites is 1. The lowest BCUT2D eigenvalue weighted by molar-refractivity contribution is 1.29. The molecule has 1 nitrogen and oxygen atoms in total. The minimum Gasteiger partial charge on any atom is -0.309 e. The van der Waals surface area contributed by atoms with Gasteiger partial charge in [0.25, 0.3) is 0 Å². The van der Waals surface area contributed by atoms with E-state index in [-0.39, 0.29) is 0 Å². The van der Waals surface area contributed by atoms with Gasteiger partial charge in [0.2, 0.25) is 0 Å². The summed E-state index contributed by atoms with van der Waals surface area (Å²) in [7, 11) is 0. The molecule has 0 atom stereocenters. The molecule has 0 aromatic heterocycles. The lowest BCUT2D eigenvalue weighted by Gasteiger charge is -2.31. The van der Waals surface area contributed by atoms with Crippen molar-refractivity contribution in [3.05, 3.63) is 176 Å². The fourth-order valence-electron chi connectivity index (χ4n) is 6.43. The molecule has 0 bridgehead atoms. The van der Waals surface area contributed by atoms with Gasteiger partial charge in [0, 0.05) is 16.8 Å². The third kappa shape index (κ3) is 4.43. The number of hydrogen-bond acceptors (Lipinski definition) is 1. The Hall–Kier alpha value is -5.66. The van der Waals surface area contributed by atoms with Crippen LogP contribution in [0.4, 0.5) is 17.1 Å². The van der Waals surface area contributed by atoms with Crippen molar-refractivity contribution in [2.75, 3.05) is 4.90 Å². The van der Waals surface area contributed by atoms with Crippen LogP contribution >= 0.6 is 0 Å². The summed E-state index contributed by atoms with van der Waals surface area (Å²) >= 11 is 0. The van der Waals surface area contributed by atoms with Gasteiger partial charge in [-0.3, -0.25) is 0 Å². The van der Waals surface area contributed by atoms with E-state index in [4.69, 9.17) is 0 Å². The first-order valence-corrected chi connectivity index (χ1v) is 14.8. The number of rotatable bonds is 5. The molecule has 0 unspecified atom stereocenters. The van der Waals surface area contributed by atoms with Crippen molar-refractivity contribution in [3.8, 4) is 22.3 Å². The highest BCUT2D eigenvalue weighted by atomic mass is 15.1. The Morgan fingerprint density at radius 3 is 1.74 bits per heavy atom. The monoisotopic (exact) mass is 547 g/mol. The van der Waals surface area contributed by atoms with Crippen molar-refractivity contribution < 1.29 is 0 Å². The van der Waals surface area contributed by atoms with E-state index in [1.54, 1.807) is 0 Å². The van der Waals surface area contributed by atoms with Crippen LogP contribution in [0.1, 0.15) is 0 Å². The smallest absolute Gasteiger partial charge is 0.0546 e. The Kier molecular flexibility index (Phi) is 6.20. The second-order valence-electron chi connectivity index (χ2n) is 11.0. The lowest BCUT2D eigenvalue weighted by Crippen LogP contribution is -2.12. The number of fused-ring (bicyclic) bond motifs is 3. The fraction of sp³-hybridized carbons (Fsp3) is 0. The van der Waals surface area contributed by atoms with E-state index in [2.05, 4.69) is 181 Å². The van der Waals surface area contributed by atoms with Gasteiger partial charge in [-0.2, -0.15) is 0 Å². The number of nitrogens with zero attached hydrogens (tertiary/aromatic N) is 1. The zero-order chi connectivity index (χ0) is 28.6. The number of benzene rings is 8. The van der Waals surface area contributed by atoms with Gasteiger partial charge in [0.1, 0.15) is 0 Å². The van der Waals surface area contributed by atoms with Crippen molar-refractivity contribution in [1.82, 2.24) is 0 Å². The molecule has 0 fully saturated rings. The second kappa shape index (κ2) is 10.6. The summed E-state index contributed by atoms with van der Waals surface area (Å²) in [6.45, 7) is 0. The third-order valence-corrected chi connectivity index (χ3v) is 8.43. The summed E-state index contributed by atoms with van der Waals surface area (Å²) in [5.74, 6) is 0. The molecule has 202 valence electrons. The average Bonchev–Trinajstić information content (AvgIpc) is 3.08. The summed E-state index contributed by atoms with van der Waals surface area (Å²) in [5, 5.41) is 7.39. The van der Waals surface area contributed by atoms with Crippen LogP contribution in [-0.4, -0.2) is 0 Å². The van der Waals surface area contributed by atoms with E-state index in [9.17, 15) is 0 Å². The van der Waals surface area contributed by atoms with Crippen molar-refractivity contribution in [1.29, 1.82) is 0 Å². The van der Waals surface area contributed by atoms with E-state index in [1.807, 2.05) is 0 Å². The quantitative estimate of drug-likeness (QED) is 0.207. The second-order valence-corrected chi connectivity index (χ2v) is 11.0. The molecule has 0 aliphatic heterocycles. The molecule has 0 N–H and O–H groups in total. The first-order chi connectivity index (χ1) is 21.3. The molecule has 43 heavy (non-hydrogen) atoms. The standard InChI is InChI=1S/C42H29N/c1-2-14-32(15-3-1)37-21-10-11-24-40(37)43(35-27-25-30-13-4-5-18-34(30)29-35)41-28-26-33-17-7-9-22-38(33)42(41)39-23-12-19-31-16-6-8-20-36(31)39/h1-29H. The molecule has 8 aromatic rings. The van der Waals surface area contributed by atoms with Crippen molar-refractivity contribution in [3.63, 3.8) is 0 Å². The summed E-state index contributed by atoms with van der Waals surface area (Å²) in [4.78, 5) is 2.46. The van der Waals surface area contributed by atoms with Crippen molar-refractivity contribution in [2.45, 2.75) is 0 Å². The first-order valence-electron chi connectivity index (χ1n) is 14.8. The summed E-state index contributed by atoms with van der Waals surface area (Å²) in [6.07, 6.45) is 0. The normalized spacial score (nSPS) is 11.3. The minimum absolute atomic E-state index is 1.12. The SMILES string of the molecule is c1ccc(-c2ccccc2N(c2ccc3ccccc3c2)c2ccc3ccccc3c2-c2cccc3ccccc23)cc1. The van der Waals surface area contributed by atoms with Gasteiger partial charge in [0.15, 0.2) is 0 Å². The molecule has 0 aliphatic carbocycles. The summed E-state index contributed by atoms with van der Waals surface area (Å²) in [5.41, 5.74) is 8.25. The Balaban J connectivity index is 1.49. The van der Waals surface area contributed by atoms with Crippen LogP contribution in [0.15, 0.2) is 176 Å². The van der Waals surface area contributed by atoms with Crippen LogP contribution in [0.2, 0.25) is 0 Å². The summed E-state index contributed by atoms with van der Waals surface area (Å²) < 4.78 is 0. The Morgan fingerprint density at radius 2 is 0.907 bits per heavy atom. The molecular formula is C42H29N. The van der Waals surface area contributed by atoms with Gasteiger partial charge in [-0.25, -0.2) is 0 Å². The average molecular weight is 548 g/mol. The van der Waals surface area contributed by atoms with E-state index in [0.29, 0.717) is 0 Å². The lowest BCUT2D eigenvalue weighted by atomic mass is 9.91. The maximum absolute atomic E-state index is 2.46. The molecule has 0 aliphatic rings. The van der Waals surface area contributed by atoms with E-state index in [1.165, 1.54) is 54.6 Å². The number of hydrogen-bond donors (Lipinski definition) is 0. The highest BCUT2D eigenvalue weighted by Gasteiger charge is 2.23. The predicted molar refractivity (Wildman–Crippen MR) is 185 cm³/mol. The molecular weight excluding hydrogens is 518 g/mol. The van der Waals surface area contributed by atoms with Crippen molar-refractivity contribution >= 4 is 49.4 Å². The summed E-state index contributed by atoms with van der Waals surface area (Å²) in [6, 6.07) is 63.6. The van der Waals surface area contributed by atoms with E-state index >= 15 is 0 Å². The fourth-order valence-corrected chi connectivity index (χ4v) is 6.43. The minimum atomic E-state index is 1.12. The van der Waals surface area contributed by atoms with Crippen LogP contribution in [-0.2, 0) is 0 Å². The van der Waals surface area contributed by atoms with Crippen LogP contribution < -0.4 is 4.90 Å². The molecule has 0 heterocycles. The molecule has 0 spiro atoms. The number of anilines is 3. The van der Waals surface area contributed by atoms with Gasteiger partial charge >= 0.3 is 0 Å². The van der Waals surface area contributed by atoms with Crippen molar-refractivity contribution in [2.24, 2.45) is 0 Å². The van der Waals surface area contributed by atoms with Gasteiger partial charge in [0.05, 0.1) is 11.4 Å². The van der Waals surface area contributed by atoms with Crippen LogP contribution in [0.25, 0.3) is 54.6 Å². The zero-order valence-corrected chi connectivity index (χ0v) is 23.7. The molecule has 8 aromatic carbocycles. The van der Waals surface area contributed by atoms with Crippen LogP contribution in [0.5, 0.6) is 0 Å². The van der Waals surface area contributed by atoms with Gasteiger partial charge in [-0.15, -0.1) is 0 Å². The molecule has 0 saturated carbocycles. The van der Waals surface area contributed by atoms with E-state index in [0.717, 1.165) is 17.1 Å². The third-order valence-electron chi connectivity index (χ3n) is 8.43. The maximum atomic E-state index is 2.46. The van der Waals surface area contributed by atoms with Crippen LogP contribution in [0.3, 0.4) is 0 Å². The molecule has 0 radical (unpaired) electrons. The zero-order valence-electron chi connectivity index (χ0n) is 23.7. The van der Waals surface area contributed by atoms with Gasteiger partial charge in [-0.05, 0) is 67.7 Å². The molecule has 8 rings (SSSR count). The Labute approximate surface area is 251 Å². The van der Waals surface area contributed by atoms with Crippen LogP contribution in [0, 0.1) is 0 Å². The predicted octanol–water partition coefficient (Wildman–Crippen LogP) is 11.9. The van der Waals surface area contributed by atoms with Gasteiger partial charge in [-0.1, -0.05) is 152 Å². The topological polar surface area (TPSA) is 3.24 Å². The largest absolute Gasteiger partial charge is 0.309 e. The highest BCUT2D eigenvalue weighted by Crippen LogP contribution is 2.48. The Morgan fingerprint density at radius 1 is 0.326 bits per heavy atom.